The molecule has 0 radical (unpaired) electrons. The van der Waals surface area contributed by atoms with E-state index in [0.29, 0.717) is 5.82 Å². The molecule has 0 fully saturated rings. The Bertz CT molecular complexity index is 696. The van der Waals surface area contributed by atoms with Crippen molar-refractivity contribution in [3.8, 4) is 0 Å². The topological polar surface area (TPSA) is 90.0 Å². The van der Waals surface area contributed by atoms with E-state index < -0.39 is 20.7 Å². The first-order valence-electron chi connectivity index (χ1n) is 5.41. The highest BCUT2D eigenvalue weighted by Gasteiger charge is 2.19. The highest BCUT2D eigenvalue weighted by molar-refractivity contribution is 7.89. The molecule has 6 nitrogen and oxygen atoms in total. The summed E-state index contributed by atoms with van der Waals surface area (Å²) in [6.45, 7) is -0.0277. The zero-order valence-electron chi connectivity index (χ0n) is 10.2. The summed E-state index contributed by atoms with van der Waals surface area (Å²) in [5.74, 6) is -0.325. The van der Waals surface area contributed by atoms with E-state index in [0.717, 1.165) is 12.1 Å². The first-order valence-corrected chi connectivity index (χ1v) is 6.89. The smallest absolute Gasteiger partial charge is 0.243 e. The fraction of sp³-hybridized carbons (Fsp3) is 0.182. The average molecular weight is 284 g/mol. The van der Waals surface area contributed by atoms with Crippen LogP contribution in [0, 0.1) is 5.82 Å². The van der Waals surface area contributed by atoms with E-state index in [-0.39, 0.29) is 12.2 Å². The van der Waals surface area contributed by atoms with Gasteiger partial charge in [-0.1, -0.05) is 0 Å². The number of halogens is 1. The minimum Gasteiger partial charge on any atom is -0.399 e. The lowest BCUT2D eigenvalue weighted by atomic mass is 10.3. The van der Waals surface area contributed by atoms with Crippen LogP contribution in [0.2, 0.25) is 0 Å². The molecule has 0 unspecified atom stereocenters. The second-order valence-electron chi connectivity index (χ2n) is 3.97. The number of imidazole rings is 1. The van der Waals surface area contributed by atoms with Crippen molar-refractivity contribution in [2.24, 2.45) is 7.05 Å². The van der Waals surface area contributed by atoms with Crippen molar-refractivity contribution in [2.45, 2.75) is 11.4 Å². The van der Waals surface area contributed by atoms with Crippen LogP contribution in [-0.2, 0) is 23.6 Å². The van der Waals surface area contributed by atoms with Crippen LogP contribution in [0.5, 0.6) is 0 Å². The van der Waals surface area contributed by atoms with E-state index in [1.165, 1.54) is 6.07 Å². The Morgan fingerprint density at radius 2 is 2.21 bits per heavy atom. The lowest BCUT2D eigenvalue weighted by molar-refractivity contribution is 0.554. The average Bonchev–Trinajstić information content (AvgIpc) is 2.75. The summed E-state index contributed by atoms with van der Waals surface area (Å²) in [4.78, 5) is 3.50. The van der Waals surface area contributed by atoms with Crippen LogP contribution >= 0.6 is 0 Å². The number of aromatic nitrogens is 2. The molecule has 1 aromatic heterocycles. The van der Waals surface area contributed by atoms with Crippen molar-refractivity contribution in [3.63, 3.8) is 0 Å². The molecule has 1 heterocycles. The summed E-state index contributed by atoms with van der Waals surface area (Å²) >= 11 is 0. The van der Waals surface area contributed by atoms with E-state index in [4.69, 9.17) is 5.73 Å². The maximum absolute atomic E-state index is 13.5. The molecule has 19 heavy (non-hydrogen) atoms. The molecule has 0 aliphatic carbocycles. The van der Waals surface area contributed by atoms with Gasteiger partial charge in [0.1, 0.15) is 16.5 Å². The summed E-state index contributed by atoms with van der Waals surface area (Å²) in [6.07, 6.45) is 3.23. The van der Waals surface area contributed by atoms with Crippen molar-refractivity contribution in [2.75, 3.05) is 5.73 Å². The van der Waals surface area contributed by atoms with Crippen LogP contribution in [0.15, 0.2) is 35.5 Å². The number of sulfonamides is 1. The van der Waals surface area contributed by atoms with Gasteiger partial charge in [-0.25, -0.2) is 22.5 Å². The van der Waals surface area contributed by atoms with Gasteiger partial charge in [-0.05, 0) is 18.2 Å². The summed E-state index contributed by atoms with van der Waals surface area (Å²) in [5.41, 5.74) is 5.64. The number of hydrogen-bond donors (Lipinski definition) is 2. The first kappa shape index (κ1) is 13.5. The molecular formula is C11H13FN4O2S. The Balaban J connectivity index is 2.23. The number of benzene rings is 1. The molecular weight excluding hydrogens is 271 g/mol. The minimum absolute atomic E-state index is 0.0277. The molecule has 0 spiro atoms. The van der Waals surface area contributed by atoms with E-state index in [1.54, 1.807) is 24.0 Å². The van der Waals surface area contributed by atoms with Crippen LogP contribution in [0.3, 0.4) is 0 Å². The predicted octanol–water partition coefficient (Wildman–Crippen LogP) is 0.620. The lowest BCUT2D eigenvalue weighted by Gasteiger charge is -2.08. The van der Waals surface area contributed by atoms with Gasteiger partial charge >= 0.3 is 0 Å². The molecule has 0 aliphatic heterocycles. The molecule has 0 saturated carbocycles. The van der Waals surface area contributed by atoms with Crippen molar-refractivity contribution in [1.29, 1.82) is 0 Å². The number of rotatable bonds is 4. The third kappa shape index (κ3) is 2.91. The van der Waals surface area contributed by atoms with Crippen LogP contribution in [-0.4, -0.2) is 18.0 Å². The maximum atomic E-state index is 13.5. The Morgan fingerprint density at radius 1 is 1.47 bits per heavy atom. The normalized spacial score (nSPS) is 11.7. The van der Waals surface area contributed by atoms with Gasteiger partial charge in [0.15, 0.2) is 0 Å². The van der Waals surface area contributed by atoms with Crippen molar-refractivity contribution >= 4 is 15.7 Å². The molecule has 0 amide bonds. The van der Waals surface area contributed by atoms with Crippen LogP contribution < -0.4 is 10.5 Å². The number of hydrogen-bond acceptors (Lipinski definition) is 4. The number of nitrogens with zero attached hydrogens (tertiary/aromatic N) is 2. The quantitative estimate of drug-likeness (QED) is 0.805. The molecule has 8 heteroatoms. The lowest BCUT2D eigenvalue weighted by Crippen LogP contribution is -2.25. The monoisotopic (exact) mass is 284 g/mol. The molecule has 1 aromatic carbocycles. The van der Waals surface area contributed by atoms with Crippen LogP contribution in [0.4, 0.5) is 10.1 Å². The van der Waals surface area contributed by atoms with Gasteiger partial charge in [-0.15, -0.1) is 0 Å². The Kier molecular flexibility index (Phi) is 3.54. The van der Waals surface area contributed by atoms with E-state index in [1.807, 2.05) is 0 Å². The van der Waals surface area contributed by atoms with Crippen LogP contribution in [0.1, 0.15) is 5.82 Å². The van der Waals surface area contributed by atoms with Gasteiger partial charge < -0.3 is 10.3 Å². The second kappa shape index (κ2) is 4.98. The summed E-state index contributed by atoms with van der Waals surface area (Å²) in [6, 6.07) is 3.40. The zero-order valence-corrected chi connectivity index (χ0v) is 11.0. The Labute approximate surface area is 110 Å². The summed E-state index contributed by atoms with van der Waals surface area (Å²) in [7, 11) is -2.23. The number of anilines is 1. The highest BCUT2D eigenvalue weighted by atomic mass is 32.2. The number of aryl methyl sites for hydroxylation is 1. The standard InChI is InChI=1S/C11H13FN4O2S/c1-16-5-4-14-11(16)7-15-19(17,18)10-6-8(13)2-3-9(10)12/h2-6,15H,7,13H2,1H3. The van der Waals surface area contributed by atoms with E-state index in [2.05, 4.69) is 9.71 Å². The van der Waals surface area contributed by atoms with Crippen molar-refractivity contribution in [3.05, 3.63) is 42.2 Å². The highest BCUT2D eigenvalue weighted by Crippen LogP contribution is 2.17. The Hall–Kier alpha value is -1.93. The van der Waals surface area contributed by atoms with Gasteiger partial charge in [0.25, 0.3) is 0 Å². The number of nitrogens with one attached hydrogen (secondary N) is 1. The maximum Gasteiger partial charge on any atom is 0.243 e. The molecule has 0 aliphatic rings. The largest absolute Gasteiger partial charge is 0.399 e. The Morgan fingerprint density at radius 3 is 2.84 bits per heavy atom. The van der Waals surface area contributed by atoms with Gasteiger partial charge in [-0.2, -0.15) is 0 Å². The SMILES string of the molecule is Cn1ccnc1CNS(=O)(=O)c1cc(N)ccc1F. The third-order valence-corrected chi connectivity index (χ3v) is 4.00. The molecule has 0 bridgehead atoms. The molecule has 3 N–H and O–H groups in total. The number of nitrogen functional groups attached to an aromatic ring is 1. The van der Waals surface area contributed by atoms with E-state index in [9.17, 15) is 12.8 Å². The fourth-order valence-electron chi connectivity index (χ4n) is 1.53. The molecule has 2 rings (SSSR count). The van der Waals surface area contributed by atoms with Crippen molar-refractivity contribution in [1.82, 2.24) is 14.3 Å². The third-order valence-electron chi connectivity index (χ3n) is 2.59. The van der Waals surface area contributed by atoms with E-state index >= 15 is 0 Å². The van der Waals surface area contributed by atoms with Gasteiger partial charge in [0, 0.05) is 25.1 Å². The minimum atomic E-state index is -3.96. The summed E-state index contributed by atoms with van der Waals surface area (Å²) < 4.78 is 41.4. The fourth-order valence-corrected chi connectivity index (χ4v) is 2.62. The number of nitrogens with two attached hydrogens (primary N) is 1. The van der Waals surface area contributed by atoms with Gasteiger partial charge in [0.05, 0.1) is 6.54 Å². The molecule has 2 aromatic rings. The zero-order chi connectivity index (χ0) is 14.0. The van der Waals surface area contributed by atoms with Crippen molar-refractivity contribution < 1.29 is 12.8 Å². The van der Waals surface area contributed by atoms with Gasteiger partial charge in [0.2, 0.25) is 10.0 Å². The first-order chi connectivity index (χ1) is 8.90. The second-order valence-corrected chi connectivity index (χ2v) is 5.70. The predicted molar refractivity (Wildman–Crippen MR) is 68.0 cm³/mol. The molecule has 102 valence electrons. The van der Waals surface area contributed by atoms with Gasteiger partial charge in [-0.3, -0.25) is 0 Å². The summed E-state index contributed by atoms with van der Waals surface area (Å²) in [5, 5.41) is 0. The van der Waals surface area contributed by atoms with Crippen LogP contribution in [0.25, 0.3) is 0 Å². The molecule has 0 saturated heterocycles. The molecule has 0 atom stereocenters.